The monoisotopic (exact) mass is 429 g/mol. The SMILES string of the molecule is Cc1nn(C2CCS(=O)(=O)C2)c(C)c1CN(C)C(=O)c1cccc(C(F)(F)F)c1. The third-order valence-electron chi connectivity index (χ3n) is 5.21. The molecule has 1 amide bonds. The van der Waals surface area contributed by atoms with Gasteiger partial charge in [0.15, 0.2) is 9.84 Å². The lowest BCUT2D eigenvalue weighted by Gasteiger charge is -2.19. The van der Waals surface area contributed by atoms with E-state index in [1.54, 1.807) is 11.6 Å². The third-order valence-corrected chi connectivity index (χ3v) is 6.96. The molecule has 1 aromatic carbocycles. The Bertz CT molecular complexity index is 1040. The number of aryl methyl sites for hydroxylation is 1. The van der Waals surface area contributed by atoms with E-state index in [9.17, 15) is 26.4 Å². The first-order valence-corrected chi connectivity index (χ1v) is 10.9. The van der Waals surface area contributed by atoms with Gasteiger partial charge in [-0.3, -0.25) is 9.48 Å². The quantitative estimate of drug-likeness (QED) is 0.749. The summed E-state index contributed by atoms with van der Waals surface area (Å²) in [7, 11) is -1.56. The number of sulfone groups is 1. The smallest absolute Gasteiger partial charge is 0.337 e. The Morgan fingerprint density at radius 2 is 2.00 bits per heavy atom. The number of carbonyl (C=O) groups excluding carboxylic acids is 1. The Labute approximate surface area is 167 Å². The van der Waals surface area contributed by atoms with Gasteiger partial charge in [-0.25, -0.2) is 8.42 Å². The van der Waals surface area contributed by atoms with Crippen LogP contribution in [0.3, 0.4) is 0 Å². The molecule has 0 aliphatic carbocycles. The lowest BCUT2D eigenvalue weighted by molar-refractivity contribution is -0.137. The number of carbonyl (C=O) groups is 1. The first kappa shape index (κ1) is 21.4. The molecule has 0 radical (unpaired) electrons. The van der Waals surface area contributed by atoms with Crippen LogP contribution in [0.25, 0.3) is 0 Å². The second-order valence-corrected chi connectivity index (χ2v) is 9.62. The van der Waals surface area contributed by atoms with Crippen LogP contribution in [-0.4, -0.2) is 47.6 Å². The van der Waals surface area contributed by atoms with Gasteiger partial charge in [-0.05, 0) is 38.5 Å². The molecule has 2 aromatic rings. The summed E-state index contributed by atoms with van der Waals surface area (Å²) in [6, 6.07) is 4.08. The zero-order valence-corrected chi connectivity index (χ0v) is 17.1. The minimum absolute atomic E-state index is 0.0351. The average molecular weight is 429 g/mol. The van der Waals surface area contributed by atoms with Crippen LogP contribution in [0.2, 0.25) is 0 Å². The van der Waals surface area contributed by atoms with Crippen molar-refractivity contribution in [2.24, 2.45) is 0 Å². The standard InChI is InChI=1S/C19H22F3N3O3S/c1-12-17(13(2)25(23-12)16-7-8-29(27,28)11-16)10-24(3)18(26)14-5-4-6-15(9-14)19(20,21)22/h4-6,9,16H,7-8,10-11H2,1-3H3. The maximum atomic E-state index is 12.9. The summed E-state index contributed by atoms with van der Waals surface area (Å²) in [4.78, 5) is 14.0. The van der Waals surface area contributed by atoms with Crippen molar-refractivity contribution < 1.29 is 26.4 Å². The second kappa shape index (κ2) is 7.47. The molecular weight excluding hydrogens is 407 g/mol. The largest absolute Gasteiger partial charge is 0.416 e. The fourth-order valence-corrected chi connectivity index (χ4v) is 5.30. The number of alkyl halides is 3. The molecule has 158 valence electrons. The Balaban J connectivity index is 1.81. The number of rotatable bonds is 4. The Morgan fingerprint density at radius 3 is 2.59 bits per heavy atom. The average Bonchev–Trinajstić information content (AvgIpc) is 3.13. The van der Waals surface area contributed by atoms with Crippen molar-refractivity contribution in [1.29, 1.82) is 0 Å². The number of hydrogen-bond acceptors (Lipinski definition) is 4. The zero-order chi connectivity index (χ0) is 21.6. The summed E-state index contributed by atoms with van der Waals surface area (Å²) in [5, 5.41) is 4.45. The molecule has 0 bridgehead atoms. The maximum Gasteiger partial charge on any atom is 0.416 e. The molecule has 0 N–H and O–H groups in total. The molecule has 10 heteroatoms. The van der Waals surface area contributed by atoms with Gasteiger partial charge in [-0.1, -0.05) is 6.07 Å². The molecule has 1 aliphatic heterocycles. The highest BCUT2D eigenvalue weighted by Gasteiger charge is 2.33. The molecule has 1 saturated heterocycles. The first-order valence-electron chi connectivity index (χ1n) is 9.07. The molecule has 6 nitrogen and oxygen atoms in total. The van der Waals surface area contributed by atoms with Gasteiger partial charge in [0, 0.05) is 30.4 Å². The van der Waals surface area contributed by atoms with E-state index >= 15 is 0 Å². The summed E-state index contributed by atoms with van der Waals surface area (Å²) in [5.41, 5.74) is 1.26. The zero-order valence-electron chi connectivity index (χ0n) is 16.3. The van der Waals surface area contributed by atoms with Crippen LogP contribution in [-0.2, 0) is 22.6 Å². The lowest BCUT2D eigenvalue weighted by atomic mass is 10.1. The highest BCUT2D eigenvalue weighted by atomic mass is 32.2. The van der Waals surface area contributed by atoms with Gasteiger partial charge >= 0.3 is 6.18 Å². The highest BCUT2D eigenvalue weighted by molar-refractivity contribution is 7.91. The number of benzene rings is 1. The van der Waals surface area contributed by atoms with Crippen LogP contribution in [0.15, 0.2) is 24.3 Å². The third kappa shape index (κ3) is 4.47. The van der Waals surface area contributed by atoms with E-state index in [4.69, 9.17) is 0 Å². The summed E-state index contributed by atoms with van der Waals surface area (Å²) in [6.07, 6.45) is -4.03. The maximum absolute atomic E-state index is 12.9. The normalized spacial score (nSPS) is 18.8. The molecule has 1 atom stereocenters. The molecule has 3 rings (SSSR count). The van der Waals surface area contributed by atoms with Gasteiger partial charge in [0.1, 0.15) is 0 Å². The molecule has 2 heterocycles. The van der Waals surface area contributed by atoms with Gasteiger partial charge in [0.25, 0.3) is 5.91 Å². The molecule has 1 aliphatic rings. The Hall–Kier alpha value is -2.36. The van der Waals surface area contributed by atoms with Gasteiger partial charge in [0.05, 0.1) is 28.8 Å². The number of amides is 1. The number of nitrogens with zero attached hydrogens (tertiary/aromatic N) is 3. The summed E-state index contributed by atoms with van der Waals surface area (Å²) in [5.74, 6) is -0.377. The number of aromatic nitrogens is 2. The van der Waals surface area contributed by atoms with E-state index in [1.807, 2.05) is 6.92 Å². The molecule has 0 spiro atoms. The predicted octanol–water partition coefficient (Wildman–Crippen LogP) is 3.15. The van der Waals surface area contributed by atoms with E-state index in [0.29, 0.717) is 12.1 Å². The van der Waals surface area contributed by atoms with Crippen molar-refractivity contribution in [3.8, 4) is 0 Å². The lowest BCUT2D eigenvalue weighted by Crippen LogP contribution is -2.27. The van der Waals surface area contributed by atoms with Crippen LogP contribution >= 0.6 is 0 Å². The van der Waals surface area contributed by atoms with Crippen molar-refractivity contribution in [3.63, 3.8) is 0 Å². The molecule has 29 heavy (non-hydrogen) atoms. The molecular formula is C19H22F3N3O3S. The van der Waals surface area contributed by atoms with Crippen molar-refractivity contribution in [3.05, 3.63) is 52.3 Å². The van der Waals surface area contributed by atoms with Gasteiger partial charge < -0.3 is 4.90 Å². The van der Waals surface area contributed by atoms with Gasteiger partial charge in [-0.2, -0.15) is 18.3 Å². The van der Waals surface area contributed by atoms with Crippen LogP contribution in [0.1, 0.15) is 45.3 Å². The van der Waals surface area contributed by atoms with Gasteiger partial charge in [-0.15, -0.1) is 0 Å². The van der Waals surface area contributed by atoms with Crippen LogP contribution in [0.4, 0.5) is 13.2 Å². The van der Waals surface area contributed by atoms with Crippen molar-refractivity contribution >= 4 is 15.7 Å². The van der Waals surface area contributed by atoms with Crippen LogP contribution < -0.4 is 0 Å². The van der Waals surface area contributed by atoms with E-state index in [1.165, 1.54) is 24.1 Å². The summed E-state index contributed by atoms with van der Waals surface area (Å²) in [6.45, 7) is 3.74. The van der Waals surface area contributed by atoms with Crippen molar-refractivity contribution in [2.75, 3.05) is 18.6 Å². The van der Waals surface area contributed by atoms with E-state index < -0.39 is 27.5 Å². The van der Waals surface area contributed by atoms with Crippen LogP contribution in [0.5, 0.6) is 0 Å². The molecule has 1 unspecified atom stereocenters. The van der Waals surface area contributed by atoms with Crippen molar-refractivity contribution in [1.82, 2.24) is 14.7 Å². The molecule has 1 fully saturated rings. The minimum Gasteiger partial charge on any atom is -0.337 e. The first-order chi connectivity index (χ1) is 13.4. The van der Waals surface area contributed by atoms with Gasteiger partial charge in [0.2, 0.25) is 0 Å². The van der Waals surface area contributed by atoms with E-state index in [0.717, 1.165) is 23.4 Å². The van der Waals surface area contributed by atoms with E-state index in [-0.39, 0.29) is 29.7 Å². The highest BCUT2D eigenvalue weighted by Crippen LogP contribution is 2.30. The minimum atomic E-state index is -4.52. The number of hydrogen-bond donors (Lipinski definition) is 0. The number of halogens is 3. The van der Waals surface area contributed by atoms with Crippen molar-refractivity contribution in [2.45, 2.75) is 39.0 Å². The fraction of sp³-hybridized carbons (Fsp3) is 0.474. The molecule has 1 aromatic heterocycles. The summed E-state index contributed by atoms with van der Waals surface area (Å²) < 4.78 is 64.0. The Kier molecular flexibility index (Phi) is 5.50. The molecule has 0 saturated carbocycles. The predicted molar refractivity (Wildman–Crippen MR) is 101 cm³/mol. The second-order valence-electron chi connectivity index (χ2n) is 7.39. The fourth-order valence-electron chi connectivity index (χ4n) is 3.61. The van der Waals surface area contributed by atoms with Crippen LogP contribution in [0, 0.1) is 13.8 Å². The van der Waals surface area contributed by atoms with E-state index in [2.05, 4.69) is 5.10 Å². The topological polar surface area (TPSA) is 72.3 Å². The Morgan fingerprint density at radius 1 is 1.31 bits per heavy atom. The summed E-state index contributed by atoms with van der Waals surface area (Å²) >= 11 is 0.